The molecule has 4 saturated carbocycles. The number of hydrogen-bond donors (Lipinski definition) is 0. The molecule has 5 aliphatic rings. The third-order valence-electron chi connectivity index (χ3n) is 13.8. The molecule has 198 valence electrons. The van der Waals surface area contributed by atoms with Crippen LogP contribution in [0.1, 0.15) is 106 Å². The van der Waals surface area contributed by atoms with Crippen molar-refractivity contribution < 1.29 is 14.3 Å². The Hall–Kier alpha value is -0.830. The SMILES string of the molecule is COC(=O)[C@]12CC[C@@H](C)[C@H](C)[C@H]1C1=CC[C@@H]3[C@@]4(C)CC[C@@H](OC)C(C)(C)[C@@H]4CC[C@@]3(C)[C@]1(C)CC2. The van der Waals surface area contributed by atoms with Gasteiger partial charge in [0.05, 0.1) is 18.6 Å². The number of methoxy groups -OCH3 is 2. The molecule has 0 amide bonds. The van der Waals surface area contributed by atoms with E-state index in [4.69, 9.17) is 9.47 Å². The van der Waals surface area contributed by atoms with Crippen LogP contribution in [0, 0.1) is 56.7 Å². The van der Waals surface area contributed by atoms with Gasteiger partial charge in [0.25, 0.3) is 0 Å². The maximum absolute atomic E-state index is 13.4. The molecule has 0 saturated heterocycles. The van der Waals surface area contributed by atoms with Crippen LogP contribution in [0.2, 0.25) is 0 Å². The Morgan fingerprint density at radius 2 is 1.60 bits per heavy atom. The maximum Gasteiger partial charge on any atom is 0.312 e. The molecule has 0 aromatic heterocycles. The number of rotatable bonds is 2. The third kappa shape index (κ3) is 3.09. The molecule has 4 fully saturated rings. The molecule has 0 aromatic carbocycles. The minimum atomic E-state index is -0.311. The summed E-state index contributed by atoms with van der Waals surface area (Å²) in [6.07, 6.45) is 13.5. The standard InChI is InChI=1S/C32H52O3/c1-20-12-17-32(27(33)35-9)19-18-30(6)22(26(32)21(20)2)10-11-24-29(5)15-14-25(34-8)28(3,4)23(29)13-16-31(24,30)7/h10,20-21,23-26H,11-19H2,1-9H3/t20-,21+,23+,24-,25-,26+,29+,30-,31-,32+/m1/s1. The van der Waals surface area contributed by atoms with Gasteiger partial charge in [-0.05, 0) is 109 Å². The number of fused-ring (bicyclic) bond motifs is 7. The van der Waals surface area contributed by atoms with E-state index in [-0.39, 0.29) is 27.6 Å². The summed E-state index contributed by atoms with van der Waals surface area (Å²) < 4.78 is 11.6. The van der Waals surface area contributed by atoms with Crippen molar-refractivity contribution in [3.8, 4) is 0 Å². The Bertz CT molecular complexity index is 904. The second-order valence-corrected chi connectivity index (χ2v) is 14.9. The van der Waals surface area contributed by atoms with E-state index in [2.05, 4.69) is 54.5 Å². The van der Waals surface area contributed by atoms with Crippen molar-refractivity contribution in [1.29, 1.82) is 0 Å². The highest BCUT2D eigenvalue weighted by Gasteiger charge is 2.69. The summed E-state index contributed by atoms with van der Waals surface area (Å²) in [6, 6.07) is 0. The summed E-state index contributed by atoms with van der Waals surface area (Å²) in [5, 5.41) is 0. The fourth-order valence-corrected chi connectivity index (χ4v) is 11.4. The summed E-state index contributed by atoms with van der Waals surface area (Å²) in [5.41, 5.74) is 2.33. The zero-order valence-electron chi connectivity index (χ0n) is 24.1. The monoisotopic (exact) mass is 484 g/mol. The average Bonchev–Trinajstić information content (AvgIpc) is 2.81. The highest BCUT2D eigenvalue weighted by Crippen LogP contribution is 2.75. The molecule has 5 rings (SSSR count). The van der Waals surface area contributed by atoms with E-state index in [1.165, 1.54) is 32.1 Å². The van der Waals surface area contributed by atoms with Crippen molar-refractivity contribution in [3.05, 3.63) is 11.6 Å². The lowest BCUT2D eigenvalue weighted by atomic mass is 9.33. The summed E-state index contributed by atoms with van der Waals surface area (Å²) in [4.78, 5) is 13.4. The first kappa shape index (κ1) is 25.8. The lowest BCUT2D eigenvalue weighted by Gasteiger charge is -2.71. The maximum atomic E-state index is 13.4. The molecule has 0 bridgehead atoms. The van der Waals surface area contributed by atoms with E-state index in [0.717, 1.165) is 25.7 Å². The smallest absolute Gasteiger partial charge is 0.312 e. The third-order valence-corrected chi connectivity index (χ3v) is 13.8. The van der Waals surface area contributed by atoms with Crippen LogP contribution in [0.3, 0.4) is 0 Å². The topological polar surface area (TPSA) is 35.5 Å². The predicted octanol–water partition coefficient (Wildman–Crippen LogP) is 7.83. The van der Waals surface area contributed by atoms with Gasteiger partial charge < -0.3 is 9.47 Å². The Morgan fingerprint density at radius 3 is 2.26 bits per heavy atom. The molecule has 0 N–H and O–H groups in total. The van der Waals surface area contributed by atoms with Crippen molar-refractivity contribution >= 4 is 5.97 Å². The summed E-state index contributed by atoms with van der Waals surface area (Å²) in [6.45, 7) is 17.7. The number of ether oxygens (including phenoxy) is 2. The quantitative estimate of drug-likeness (QED) is 0.296. The normalized spacial score (nSPS) is 52.8. The van der Waals surface area contributed by atoms with E-state index in [9.17, 15) is 4.79 Å². The highest BCUT2D eigenvalue weighted by molar-refractivity contribution is 5.78. The van der Waals surface area contributed by atoms with Gasteiger partial charge in [-0.2, -0.15) is 0 Å². The van der Waals surface area contributed by atoms with Gasteiger partial charge in [0.1, 0.15) is 0 Å². The second kappa shape index (κ2) is 8.08. The first-order valence-corrected chi connectivity index (χ1v) is 14.7. The van der Waals surface area contributed by atoms with E-state index in [1.807, 2.05) is 7.11 Å². The largest absolute Gasteiger partial charge is 0.469 e. The minimum absolute atomic E-state index is 0.0618. The van der Waals surface area contributed by atoms with Crippen LogP contribution in [0.4, 0.5) is 0 Å². The summed E-state index contributed by atoms with van der Waals surface area (Å²) in [5.74, 6) is 2.98. The van der Waals surface area contributed by atoms with Gasteiger partial charge in [-0.15, -0.1) is 0 Å². The zero-order chi connectivity index (χ0) is 25.6. The van der Waals surface area contributed by atoms with E-state index in [1.54, 1.807) is 12.7 Å². The molecule has 10 atom stereocenters. The Morgan fingerprint density at radius 1 is 0.886 bits per heavy atom. The number of esters is 1. The minimum Gasteiger partial charge on any atom is -0.469 e. The predicted molar refractivity (Wildman–Crippen MR) is 142 cm³/mol. The number of allylic oxidation sites excluding steroid dienone is 2. The number of carbonyl (C=O) groups excluding carboxylic acids is 1. The molecule has 3 heteroatoms. The van der Waals surface area contributed by atoms with Crippen LogP contribution in [0.15, 0.2) is 11.6 Å². The van der Waals surface area contributed by atoms with E-state index < -0.39 is 0 Å². The van der Waals surface area contributed by atoms with Crippen molar-refractivity contribution in [2.45, 2.75) is 112 Å². The highest BCUT2D eigenvalue weighted by atomic mass is 16.5. The molecule has 0 spiro atoms. The van der Waals surface area contributed by atoms with E-state index >= 15 is 0 Å². The van der Waals surface area contributed by atoms with Crippen LogP contribution in [-0.2, 0) is 14.3 Å². The van der Waals surface area contributed by atoms with Crippen LogP contribution >= 0.6 is 0 Å². The lowest BCUT2D eigenvalue weighted by molar-refractivity contribution is -0.210. The first-order chi connectivity index (χ1) is 16.3. The van der Waals surface area contributed by atoms with Gasteiger partial charge in [-0.1, -0.05) is 60.1 Å². The molecule has 35 heavy (non-hydrogen) atoms. The van der Waals surface area contributed by atoms with Crippen LogP contribution < -0.4 is 0 Å². The average molecular weight is 485 g/mol. The first-order valence-electron chi connectivity index (χ1n) is 14.7. The molecule has 0 aliphatic heterocycles. The van der Waals surface area contributed by atoms with Gasteiger partial charge in [-0.25, -0.2) is 0 Å². The van der Waals surface area contributed by atoms with Gasteiger partial charge in [0.15, 0.2) is 0 Å². The number of carbonyl (C=O) groups is 1. The zero-order valence-corrected chi connectivity index (χ0v) is 24.1. The second-order valence-electron chi connectivity index (χ2n) is 14.9. The Kier molecular flexibility index (Phi) is 5.96. The van der Waals surface area contributed by atoms with Crippen LogP contribution in [-0.4, -0.2) is 26.3 Å². The lowest BCUT2D eigenvalue weighted by Crippen LogP contribution is -2.65. The summed E-state index contributed by atoms with van der Waals surface area (Å²) in [7, 11) is 3.53. The Labute approximate surface area is 215 Å². The van der Waals surface area contributed by atoms with Crippen molar-refractivity contribution in [1.82, 2.24) is 0 Å². The van der Waals surface area contributed by atoms with Crippen LogP contribution in [0.5, 0.6) is 0 Å². The van der Waals surface area contributed by atoms with Crippen LogP contribution in [0.25, 0.3) is 0 Å². The molecule has 0 heterocycles. The molecule has 3 nitrogen and oxygen atoms in total. The Balaban J connectivity index is 1.60. The van der Waals surface area contributed by atoms with Gasteiger partial charge in [0, 0.05) is 7.11 Å². The van der Waals surface area contributed by atoms with Gasteiger partial charge >= 0.3 is 5.97 Å². The molecule has 0 radical (unpaired) electrons. The van der Waals surface area contributed by atoms with Crippen molar-refractivity contribution in [3.63, 3.8) is 0 Å². The van der Waals surface area contributed by atoms with Gasteiger partial charge in [-0.3, -0.25) is 4.79 Å². The molecular weight excluding hydrogens is 432 g/mol. The van der Waals surface area contributed by atoms with Gasteiger partial charge in [0.2, 0.25) is 0 Å². The molecule has 0 aromatic rings. The fourth-order valence-electron chi connectivity index (χ4n) is 11.4. The molecule has 5 aliphatic carbocycles. The van der Waals surface area contributed by atoms with Crippen molar-refractivity contribution in [2.24, 2.45) is 56.7 Å². The van der Waals surface area contributed by atoms with Crippen molar-refractivity contribution in [2.75, 3.05) is 14.2 Å². The fraction of sp³-hybridized carbons (Fsp3) is 0.906. The summed E-state index contributed by atoms with van der Waals surface area (Å²) >= 11 is 0. The molecule has 0 unspecified atom stereocenters. The molecular formula is C32H52O3. The number of hydrogen-bond acceptors (Lipinski definition) is 3. The van der Waals surface area contributed by atoms with E-state index in [0.29, 0.717) is 41.1 Å².